The van der Waals surface area contributed by atoms with Gasteiger partial charge in [-0.25, -0.2) is 8.78 Å². The maximum Gasteiger partial charge on any atom is 0.162 e. The minimum absolute atomic E-state index is 0.0689. The Morgan fingerprint density at radius 1 is 1.29 bits per heavy atom. The molecule has 94 valence electrons. The van der Waals surface area contributed by atoms with Gasteiger partial charge < -0.3 is 5.73 Å². The second kappa shape index (κ2) is 5.13. The molecule has 0 heterocycles. The summed E-state index contributed by atoms with van der Waals surface area (Å²) in [5.74, 6) is -0.533. The molecule has 2 N–H and O–H groups in total. The lowest BCUT2D eigenvalue weighted by Gasteiger charge is -2.34. The number of hydrogen-bond donors (Lipinski definition) is 1. The van der Waals surface area contributed by atoms with Crippen LogP contribution in [0.1, 0.15) is 37.7 Å². The van der Waals surface area contributed by atoms with Crippen molar-refractivity contribution in [3.8, 4) is 0 Å². The van der Waals surface area contributed by atoms with Gasteiger partial charge in [0.25, 0.3) is 0 Å². The first-order chi connectivity index (χ1) is 8.13. The summed E-state index contributed by atoms with van der Waals surface area (Å²) in [5, 5.41) is 0. The molecule has 3 heteroatoms. The van der Waals surface area contributed by atoms with Crippen LogP contribution in [0, 0.1) is 23.5 Å². The first kappa shape index (κ1) is 12.5. The number of halogens is 2. The zero-order valence-corrected chi connectivity index (χ0v) is 10.1. The zero-order chi connectivity index (χ0) is 12.4. The van der Waals surface area contributed by atoms with Crippen molar-refractivity contribution in [3.63, 3.8) is 0 Å². The summed E-state index contributed by atoms with van der Waals surface area (Å²) in [6.07, 6.45) is 3.05. The van der Waals surface area contributed by atoms with Crippen molar-refractivity contribution >= 4 is 0 Å². The monoisotopic (exact) mass is 239 g/mol. The van der Waals surface area contributed by atoms with E-state index in [0.29, 0.717) is 18.0 Å². The van der Waals surface area contributed by atoms with Crippen LogP contribution in [-0.4, -0.2) is 6.54 Å². The zero-order valence-electron chi connectivity index (χ0n) is 10.1. The molecule has 1 aromatic carbocycles. The van der Waals surface area contributed by atoms with E-state index < -0.39 is 11.6 Å². The molecule has 1 aliphatic rings. The van der Waals surface area contributed by atoms with Crippen LogP contribution in [-0.2, 0) is 0 Å². The van der Waals surface area contributed by atoms with Crippen molar-refractivity contribution in [1.29, 1.82) is 0 Å². The lowest BCUT2D eigenvalue weighted by molar-refractivity contribution is 0.248. The van der Waals surface area contributed by atoms with E-state index in [1.807, 2.05) is 0 Å². The van der Waals surface area contributed by atoms with E-state index in [1.54, 1.807) is 12.1 Å². The van der Waals surface area contributed by atoms with E-state index in [4.69, 9.17) is 5.73 Å². The molecular formula is C14H19F2N. The SMILES string of the molecule is CC1CCC(CN)C(c2cccc(F)c2F)C1. The van der Waals surface area contributed by atoms with Gasteiger partial charge in [-0.05, 0) is 48.8 Å². The molecule has 17 heavy (non-hydrogen) atoms. The number of benzene rings is 1. The van der Waals surface area contributed by atoms with Crippen molar-refractivity contribution in [1.82, 2.24) is 0 Å². The smallest absolute Gasteiger partial charge is 0.162 e. The summed E-state index contributed by atoms with van der Waals surface area (Å²) in [6, 6.07) is 4.45. The predicted octanol–water partition coefficient (Wildman–Crippen LogP) is 3.44. The van der Waals surface area contributed by atoms with Crippen LogP contribution in [0.2, 0.25) is 0 Å². The van der Waals surface area contributed by atoms with E-state index in [0.717, 1.165) is 19.3 Å². The second-order valence-corrected chi connectivity index (χ2v) is 5.16. The quantitative estimate of drug-likeness (QED) is 0.840. The molecule has 0 radical (unpaired) electrons. The van der Waals surface area contributed by atoms with Gasteiger partial charge in [-0.15, -0.1) is 0 Å². The molecule has 3 atom stereocenters. The molecule has 0 amide bonds. The van der Waals surface area contributed by atoms with Gasteiger partial charge in [-0.3, -0.25) is 0 Å². The fourth-order valence-corrected chi connectivity index (χ4v) is 2.91. The Hall–Kier alpha value is -0.960. The van der Waals surface area contributed by atoms with Gasteiger partial charge in [-0.1, -0.05) is 25.5 Å². The summed E-state index contributed by atoms with van der Waals surface area (Å²) in [6.45, 7) is 2.71. The van der Waals surface area contributed by atoms with E-state index in [1.165, 1.54) is 6.07 Å². The number of rotatable bonds is 2. The van der Waals surface area contributed by atoms with Crippen LogP contribution in [0.3, 0.4) is 0 Å². The minimum Gasteiger partial charge on any atom is -0.330 e. The molecule has 1 aliphatic carbocycles. The van der Waals surface area contributed by atoms with Crippen molar-refractivity contribution in [2.75, 3.05) is 6.54 Å². The van der Waals surface area contributed by atoms with Gasteiger partial charge in [0.1, 0.15) is 0 Å². The molecule has 1 fully saturated rings. The molecule has 1 aromatic rings. The molecule has 0 aromatic heterocycles. The predicted molar refractivity (Wildman–Crippen MR) is 64.7 cm³/mol. The summed E-state index contributed by atoms with van der Waals surface area (Å²) in [5.41, 5.74) is 6.25. The average Bonchev–Trinajstić information content (AvgIpc) is 2.33. The molecule has 0 spiro atoms. The summed E-state index contributed by atoms with van der Waals surface area (Å²) in [7, 11) is 0. The van der Waals surface area contributed by atoms with Gasteiger partial charge in [0, 0.05) is 0 Å². The highest BCUT2D eigenvalue weighted by Crippen LogP contribution is 2.41. The Morgan fingerprint density at radius 3 is 2.76 bits per heavy atom. The van der Waals surface area contributed by atoms with E-state index in [2.05, 4.69) is 6.92 Å². The highest BCUT2D eigenvalue weighted by atomic mass is 19.2. The van der Waals surface area contributed by atoms with Gasteiger partial charge in [-0.2, -0.15) is 0 Å². The first-order valence-electron chi connectivity index (χ1n) is 6.27. The van der Waals surface area contributed by atoms with Gasteiger partial charge >= 0.3 is 0 Å². The van der Waals surface area contributed by atoms with Crippen molar-refractivity contribution in [2.24, 2.45) is 17.6 Å². The van der Waals surface area contributed by atoms with Crippen molar-refractivity contribution in [3.05, 3.63) is 35.4 Å². The van der Waals surface area contributed by atoms with Crippen LogP contribution in [0.25, 0.3) is 0 Å². The molecule has 0 bridgehead atoms. The van der Waals surface area contributed by atoms with Crippen molar-refractivity contribution < 1.29 is 8.78 Å². The lowest BCUT2D eigenvalue weighted by Crippen LogP contribution is -2.29. The Labute approximate surface area is 101 Å². The summed E-state index contributed by atoms with van der Waals surface area (Å²) in [4.78, 5) is 0. The fourth-order valence-electron chi connectivity index (χ4n) is 2.91. The Morgan fingerprint density at radius 2 is 2.06 bits per heavy atom. The minimum atomic E-state index is -0.753. The molecule has 1 saturated carbocycles. The highest BCUT2D eigenvalue weighted by molar-refractivity contribution is 5.24. The highest BCUT2D eigenvalue weighted by Gasteiger charge is 2.31. The van der Waals surface area contributed by atoms with Gasteiger partial charge in [0.05, 0.1) is 0 Å². The molecule has 2 rings (SSSR count). The standard InChI is InChI=1S/C14H19F2N/c1-9-5-6-10(8-17)12(7-9)11-3-2-4-13(15)14(11)16/h2-4,9-10,12H,5-8,17H2,1H3. The third-order valence-electron chi connectivity index (χ3n) is 3.94. The van der Waals surface area contributed by atoms with Crippen molar-refractivity contribution in [2.45, 2.75) is 32.1 Å². The van der Waals surface area contributed by atoms with Crippen LogP contribution >= 0.6 is 0 Å². The van der Waals surface area contributed by atoms with Crippen LogP contribution in [0.4, 0.5) is 8.78 Å². The summed E-state index contributed by atoms with van der Waals surface area (Å²) >= 11 is 0. The Kier molecular flexibility index (Phi) is 3.77. The molecule has 0 saturated heterocycles. The van der Waals surface area contributed by atoms with E-state index >= 15 is 0 Å². The first-order valence-corrected chi connectivity index (χ1v) is 6.27. The largest absolute Gasteiger partial charge is 0.330 e. The molecule has 0 aliphatic heterocycles. The topological polar surface area (TPSA) is 26.0 Å². The van der Waals surface area contributed by atoms with Crippen LogP contribution in [0.15, 0.2) is 18.2 Å². The average molecular weight is 239 g/mol. The third kappa shape index (κ3) is 2.49. The van der Waals surface area contributed by atoms with Crippen LogP contribution < -0.4 is 5.73 Å². The second-order valence-electron chi connectivity index (χ2n) is 5.16. The van der Waals surface area contributed by atoms with E-state index in [9.17, 15) is 8.78 Å². The van der Waals surface area contributed by atoms with E-state index in [-0.39, 0.29) is 11.8 Å². The maximum atomic E-state index is 13.8. The maximum absolute atomic E-state index is 13.8. The third-order valence-corrected chi connectivity index (χ3v) is 3.94. The summed E-state index contributed by atoms with van der Waals surface area (Å²) < 4.78 is 27.1. The fraction of sp³-hybridized carbons (Fsp3) is 0.571. The Bertz CT molecular complexity index is 392. The number of nitrogens with two attached hydrogens (primary N) is 1. The normalized spacial score (nSPS) is 29.3. The van der Waals surface area contributed by atoms with Gasteiger partial charge in [0.2, 0.25) is 0 Å². The molecular weight excluding hydrogens is 220 g/mol. The molecule has 3 unspecified atom stereocenters. The van der Waals surface area contributed by atoms with Crippen LogP contribution in [0.5, 0.6) is 0 Å². The Balaban J connectivity index is 2.32. The number of hydrogen-bond acceptors (Lipinski definition) is 1. The molecule has 1 nitrogen and oxygen atoms in total. The lowest BCUT2D eigenvalue weighted by atomic mass is 9.71. The van der Waals surface area contributed by atoms with Gasteiger partial charge in [0.15, 0.2) is 11.6 Å².